The second kappa shape index (κ2) is 11.8. The molecule has 1 aromatic rings. The fourth-order valence-corrected chi connectivity index (χ4v) is 4.62. The van der Waals surface area contributed by atoms with Gasteiger partial charge in [0.15, 0.2) is 0 Å². The molecule has 0 unspecified atom stereocenters. The maximum Gasteiger partial charge on any atom is -0.0274 e. The Hall–Kier alpha value is -0.780. The molecule has 142 valence electrons. The zero-order valence-electron chi connectivity index (χ0n) is 17.3. The largest absolute Gasteiger partial charge is 0.0654 e. The van der Waals surface area contributed by atoms with Crippen molar-refractivity contribution < 1.29 is 0 Å². The van der Waals surface area contributed by atoms with Crippen molar-refractivity contribution in [3.05, 3.63) is 34.9 Å². The first kappa shape index (κ1) is 20.5. The Kier molecular flexibility index (Phi) is 9.66. The van der Waals surface area contributed by atoms with E-state index in [4.69, 9.17) is 0 Å². The van der Waals surface area contributed by atoms with Crippen LogP contribution in [0.2, 0.25) is 0 Å². The van der Waals surface area contributed by atoms with Crippen LogP contribution in [0.3, 0.4) is 0 Å². The quantitative estimate of drug-likeness (QED) is 0.357. The Labute approximate surface area is 157 Å². The van der Waals surface area contributed by atoms with Crippen molar-refractivity contribution in [1.29, 1.82) is 0 Å². The lowest BCUT2D eigenvalue weighted by Crippen LogP contribution is -2.15. The van der Waals surface area contributed by atoms with Crippen LogP contribution in [0.15, 0.2) is 18.2 Å². The lowest BCUT2D eigenvalue weighted by Gasteiger charge is -2.28. The third-order valence-electron chi connectivity index (χ3n) is 6.48. The number of hydrogen-bond donors (Lipinski definition) is 0. The summed E-state index contributed by atoms with van der Waals surface area (Å²) in [6.45, 7) is 6.92. The Morgan fingerprint density at radius 2 is 1.40 bits per heavy atom. The van der Waals surface area contributed by atoms with Crippen molar-refractivity contribution in [3.8, 4) is 0 Å². The summed E-state index contributed by atoms with van der Waals surface area (Å²) < 4.78 is 0. The molecule has 1 saturated carbocycles. The molecule has 1 aromatic carbocycles. The minimum absolute atomic E-state index is 0.992. The van der Waals surface area contributed by atoms with Crippen LogP contribution in [-0.2, 0) is 12.8 Å². The Morgan fingerprint density at radius 3 is 2.04 bits per heavy atom. The summed E-state index contributed by atoms with van der Waals surface area (Å²) in [4.78, 5) is 0. The smallest absolute Gasteiger partial charge is 0.0274 e. The molecule has 0 nitrogen and oxygen atoms in total. The first-order valence-corrected chi connectivity index (χ1v) is 11.3. The molecule has 0 spiro atoms. The minimum Gasteiger partial charge on any atom is -0.0654 e. The summed E-state index contributed by atoms with van der Waals surface area (Å²) in [7, 11) is 0. The molecule has 1 aliphatic carbocycles. The van der Waals surface area contributed by atoms with E-state index in [1.54, 1.807) is 11.1 Å². The maximum absolute atomic E-state index is 2.45. The van der Waals surface area contributed by atoms with Gasteiger partial charge < -0.3 is 0 Å². The molecular formula is C25H42. The van der Waals surface area contributed by atoms with E-state index in [2.05, 4.69) is 39.0 Å². The molecular weight excluding hydrogens is 300 g/mol. The molecule has 0 saturated heterocycles. The number of aryl methyl sites for hydroxylation is 3. The first-order valence-electron chi connectivity index (χ1n) is 11.3. The van der Waals surface area contributed by atoms with Gasteiger partial charge in [-0.15, -0.1) is 0 Å². The van der Waals surface area contributed by atoms with Gasteiger partial charge in [-0.25, -0.2) is 0 Å². The van der Waals surface area contributed by atoms with Crippen LogP contribution in [0.1, 0.15) is 108 Å². The van der Waals surface area contributed by atoms with Gasteiger partial charge in [0.25, 0.3) is 0 Å². The van der Waals surface area contributed by atoms with Crippen molar-refractivity contribution in [1.82, 2.24) is 0 Å². The lowest BCUT2D eigenvalue weighted by molar-refractivity contribution is 0.249. The molecule has 0 bridgehead atoms. The van der Waals surface area contributed by atoms with Gasteiger partial charge in [-0.1, -0.05) is 96.3 Å². The van der Waals surface area contributed by atoms with Crippen molar-refractivity contribution in [3.63, 3.8) is 0 Å². The average Bonchev–Trinajstić information content (AvgIpc) is 2.62. The lowest BCUT2D eigenvalue weighted by atomic mass is 9.77. The van der Waals surface area contributed by atoms with E-state index in [0.29, 0.717) is 0 Å². The van der Waals surface area contributed by atoms with E-state index >= 15 is 0 Å². The van der Waals surface area contributed by atoms with E-state index in [1.807, 2.05) is 0 Å². The number of hydrogen-bond acceptors (Lipinski definition) is 0. The topological polar surface area (TPSA) is 0 Å². The number of rotatable bonds is 11. The van der Waals surface area contributed by atoms with Gasteiger partial charge in [-0.3, -0.25) is 0 Å². The van der Waals surface area contributed by atoms with Crippen LogP contribution in [0.4, 0.5) is 0 Å². The molecule has 1 aliphatic rings. The summed E-state index contributed by atoms with van der Waals surface area (Å²) in [5.74, 6) is 2.04. The second-order valence-electron chi connectivity index (χ2n) is 8.64. The number of benzene rings is 1. The van der Waals surface area contributed by atoms with Crippen LogP contribution in [0, 0.1) is 18.8 Å². The van der Waals surface area contributed by atoms with E-state index in [-0.39, 0.29) is 0 Å². The van der Waals surface area contributed by atoms with Crippen LogP contribution >= 0.6 is 0 Å². The summed E-state index contributed by atoms with van der Waals surface area (Å²) >= 11 is 0. The highest BCUT2D eigenvalue weighted by molar-refractivity contribution is 5.31. The first-order chi connectivity index (χ1) is 12.2. The van der Waals surface area contributed by atoms with Crippen LogP contribution in [0.25, 0.3) is 0 Å². The highest BCUT2D eigenvalue weighted by Crippen LogP contribution is 2.34. The average molecular weight is 343 g/mol. The molecule has 0 aliphatic heterocycles. The predicted octanol–water partition coefficient (Wildman–Crippen LogP) is 8.05. The number of unbranched alkanes of at least 4 members (excludes halogenated alkanes) is 4. The van der Waals surface area contributed by atoms with Crippen LogP contribution in [-0.4, -0.2) is 0 Å². The van der Waals surface area contributed by atoms with Gasteiger partial charge in [-0.05, 0) is 61.1 Å². The maximum atomic E-state index is 2.45. The third-order valence-corrected chi connectivity index (χ3v) is 6.48. The summed E-state index contributed by atoms with van der Waals surface area (Å²) in [6.07, 6.45) is 19.8. The monoisotopic (exact) mass is 342 g/mol. The molecule has 0 atom stereocenters. The molecule has 0 N–H and O–H groups in total. The van der Waals surface area contributed by atoms with E-state index in [0.717, 1.165) is 11.8 Å². The molecule has 0 amide bonds. The Morgan fingerprint density at radius 1 is 0.760 bits per heavy atom. The van der Waals surface area contributed by atoms with Crippen LogP contribution in [0.5, 0.6) is 0 Å². The SMILES string of the molecule is CCCCCc1ccc(CC[C@H]2CC[C@H](CCCCC)CC2)c(C)c1. The van der Waals surface area contributed by atoms with Gasteiger partial charge in [0.1, 0.15) is 0 Å². The molecule has 25 heavy (non-hydrogen) atoms. The summed E-state index contributed by atoms with van der Waals surface area (Å²) in [6, 6.07) is 7.27. The highest BCUT2D eigenvalue weighted by atomic mass is 14.3. The van der Waals surface area contributed by atoms with E-state index < -0.39 is 0 Å². The fourth-order valence-electron chi connectivity index (χ4n) is 4.62. The zero-order valence-corrected chi connectivity index (χ0v) is 17.3. The van der Waals surface area contributed by atoms with E-state index in [1.165, 1.54) is 95.5 Å². The molecule has 1 fully saturated rings. The highest BCUT2D eigenvalue weighted by Gasteiger charge is 2.20. The Balaban J connectivity index is 1.69. The zero-order chi connectivity index (χ0) is 17.9. The molecule has 0 aromatic heterocycles. The van der Waals surface area contributed by atoms with Gasteiger partial charge in [0, 0.05) is 0 Å². The van der Waals surface area contributed by atoms with Gasteiger partial charge in [0.2, 0.25) is 0 Å². The molecule has 0 heteroatoms. The van der Waals surface area contributed by atoms with Crippen molar-refractivity contribution >= 4 is 0 Å². The normalized spacial score (nSPS) is 20.8. The van der Waals surface area contributed by atoms with Gasteiger partial charge >= 0.3 is 0 Å². The summed E-state index contributed by atoms with van der Waals surface area (Å²) in [5, 5.41) is 0. The third kappa shape index (κ3) is 7.55. The van der Waals surface area contributed by atoms with Crippen LogP contribution < -0.4 is 0 Å². The van der Waals surface area contributed by atoms with Gasteiger partial charge in [-0.2, -0.15) is 0 Å². The summed E-state index contributed by atoms with van der Waals surface area (Å²) in [5.41, 5.74) is 4.67. The standard InChI is InChI=1S/C25H42/c1-4-6-8-10-22-12-14-23(15-13-22)16-18-25-19-17-24(20-21(25)3)11-9-7-5-2/h17,19-20,22-23H,4-16,18H2,1-3H3/t22-,23-. The fraction of sp³-hybridized carbons (Fsp3) is 0.760. The second-order valence-corrected chi connectivity index (χ2v) is 8.64. The molecule has 2 rings (SSSR count). The molecule has 0 heterocycles. The minimum atomic E-state index is 0.992. The van der Waals surface area contributed by atoms with Gasteiger partial charge in [0.05, 0.1) is 0 Å². The Bertz CT molecular complexity index is 465. The van der Waals surface area contributed by atoms with Crippen molar-refractivity contribution in [2.75, 3.05) is 0 Å². The van der Waals surface area contributed by atoms with E-state index in [9.17, 15) is 0 Å². The molecule has 0 radical (unpaired) electrons. The predicted molar refractivity (Wildman–Crippen MR) is 112 cm³/mol. The van der Waals surface area contributed by atoms with Crippen molar-refractivity contribution in [2.24, 2.45) is 11.8 Å². The van der Waals surface area contributed by atoms with Crippen molar-refractivity contribution in [2.45, 2.75) is 111 Å².